The van der Waals surface area contributed by atoms with Crippen molar-refractivity contribution in [2.75, 3.05) is 0 Å². The van der Waals surface area contributed by atoms with Gasteiger partial charge in [-0.15, -0.1) is 0 Å². The molecule has 0 saturated carbocycles. The molecule has 134 valence electrons. The Morgan fingerprint density at radius 1 is 1.40 bits per heavy atom. The maximum atomic E-state index is 12.9. The molecule has 0 unspecified atom stereocenters. The molecule has 1 aromatic rings. The van der Waals surface area contributed by atoms with E-state index in [2.05, 4.69) is 11.5 Å². The van der Waals surface area contributed by atoms with Crippen LogP contribution in [-0.2, 0) is 17.4 Å². The molecule has 2 aliphatic rings. The Bertz CT molecular complexity index is 716. The van der Waals surface area contributed by atoms with Crippen LogP contribution in [0.15, 0.2) is 18.2 Å². The number of aryl methyl sites for hydroxylation is 1. The van der Waals surface area contributed by atoms with E-state index >= 15 is 0 Å². The second-order valence-corrected chi connectivity index (χ2v) is 6.93. The summed E-state index contributed by atoms with van der Waals surface area (Å²) in [6.45, 7) is 0. The van der Waals surface area contributed by atoms with Gasteiger partial charge in [0.05, 0.1) is 22.7 Å². The van der Waals surface area contributed by atoms with E-state index in [1.165, 1.54) is 12.1 Å². The molecule has 1 amide bonds. The summed E-state index contributed by atoms with van der Waals surface area (Å²) in [7, 11) is 0. The molecule has 2 aliphatic heterocycles. The number of alkyl halides is 3. The minimum atomic E-state index is -4.51. The first-order valence-electron chi connectivity index (χ1n) is 8.12. The first-order valence-corrected chi connectivity index (χ1v) is 8.50. The van der Waals surface area contributed by atoms with E-state index < -0.39 is 11.7 Å². The Kier molecular flexibility index (Phi) is 4.83. The van der Waals surface area contributed by atoms with Crippen molar-refractivity contribution in [2.45, 2.75) is 56.4 Å². The molecule has 2 bridgehead atoms. The third-order valence-electron chi connectivity index (χ3n) is 4.98. The van der Waals surface area contributed by atoms with Crippen LogP contribution >= 0.6 is 11.6 Å². The zero-order valence-electron chi connectivity index (χ0n) is 13.3. The lowest BCUT2D eigenvalue weighted by atomic mass is 9.95. The van der Waals surface area contributed by atoms with Crippen molar-refractivity contribution in [3.63, 3.8) is 0 Å². The minimum Gasteiger partial charge on any atom is -0.351 e. The fraction of sp³-hybridized carbons (Fsp3) is 0.529. The van der Waals surface area contributed by atoms with Gasteiger partial charge < -0.3 is 10.2 Å². The lowest BCUT2D eigenvalue weighted by molar-refractivity contribution is -0.137. The molecule has 1 N–H and O–H groups in total. The molecule has 2 heterocycles. The van der Waals surface area contributed by atoms with E-state index in [4.69, 9.17) is 16.9 Å². The molecule has 2 saturated heterocycles. The van der Waals surface area contributed by atoms with Crippen molar-refractivity contribution < 1.29 is 18.0 Å². The van der Waals surface area contributed by atoms with Crippen LogP contribution in [-0.4, -0.2) is 28.9 Å². The summed E-state index contributed by atoms with van der Waals surface area (Å²) in [5.41, 5.74) is -0.469. The molecule has 4 nitrogen and oxygen atoms in total. The number of hydrogen-bond acceptors (Lipinski definition) is 3. The van der Waals surface area contributed by atoms with Crippen molar-refractivity contribution in [2.24, 2.45) is 0 Å². The number of carbonyl (C=O) groups is 1. The van der Waals surface area contributed by atoms with E-state index in [1.807, 2.05) is 0 Å². The van der Waals surface area contributed by atoms with Gasteiger partial charge in [0.2, 0.25) is 5.91 Å². The standard InChI is InChI=1S/C17H17ClF3N3O/c18-13-4-1-10(7-12(13)17(19,20)21)2-6-16(25)23-14-8-11-3-5-15(14)24(11)9-22/h1,4,7,11,14-15H,2-3,5-6,8H2,(H,23,25)/t11-,14+,15+/m0/s1. The van der Waals surface area contributed by atoms with Gasteiger partial charge in [-0.25, -0.2) is 0 Å². The second-order valence-electron chi connectivity index (χ2n) is 6.53. The Morgan fingerprint density at radius 3 is 2.80 bits per heavy atom. The highest BCUT2D eigenvalue weighted by Gasteiger charge is 2.46. The number of carbonyl (C=O) groups excluding carboxylic acids is 1. The summed E-state index contributed by atoms with van der Waals surface area (Å²) in [5, 5.41) is 11.7. The van der Waals surface area contributed by atoms with Gasteiger partial charge in [0.1, 0.15) is 0 Å². The monoisotopic (exact) mass is 371 g/mol. The average molecular weight is 372 g/mol. The van der Waals surface area contributed by atoms with E-state index in [9.17, 15) is 18.0 Å². The van der Waals surface area contributed by atoms with Gasteiger partial charge in [-0.1, -0.05) is 17.7 Å². The van der Waals surface area contributed by atoms with Gasteiger partial charge >= 0.3 is 6.18 Å². The minimum absolute atomic E-state index is 0.0475. The van der Waals surface area contributed by atoms with E-state index in [-0.39, 0.29) is 41.9 Å². The predicted molar refractivity (Wildman–Crippen MR) is 85.6 cm³/mol. The number of nitrogens with zero attached hydrogens (tertiary/aromatic N) is 2. The molecule has 0 aromatic heterocycles. The summed E-state index contributed by atoms with van der Waals surface area (Å²) in [6.07, 6.45) is 0.566. The zero-order valence-corrected chi connectivity index (χ0v) is 14.1. The Balaban J connectivity index is 1.56. The quantitative estimate of drug-likeness (QED) is 0.824. The smallest absolute Gasteiger partial charge is 0.351 e. The molecule has 2 fully saturated rings. The highest BCUT2D eigenvalue weighted by molar-refractivity contribution is 6.31. The van der Waals surface area contributed by atoms with Crippen LogP contribution in [0.4, 0.5) is 13.2 Å². The van der Waals surface area contributed by atoms with Crippen molar-refractivity contribution in [1.29, 1.82) is 5.26 Å². The van der Waals surface area contributed by atoms with E-state index in [0.29, 0.717) is 5.56 Å². The molecular weight excluding hydrogens is 355 g/mol. The fourth-order valence-electron chi connectivity index (χ4n) is 3.78. The Hall–Kier alpha value is -1.94. The first-order chi connectivity index (χ1) is 11.8. The van der Waals surface area contributed by atoms with E-state index in [1.54, 1.807) is 4.90 Å². The van der Waals surface area contributed by atoms with Gasteiger partial charge in [0.15, 0.2) is 6.19 Å². The van der Waals surface area contributed by atoms with Crippen LogP contribution in [0.5, 0.6) is 0 Å². The second kappa shape index (κ2) is 6.75. The maximum absolute atomic E-state index is 12.9. The van der Waals surface area contributed by atoms with Crippen molar-refractivity contribution in [1.82, 2.24) is 10.2 Å². The van der Waals surface area contributed by atoms with Crippen LogP contribution < -0.4 is 5.32 Å². The molecule has 25 heavy (non-hydrogen) atoms. The van der Waals surface area contributed by atoms with Crippen molar-refractivity contribution >= 4 is 17.5 Å². The third kappa shape index (κ3) is 3.69. The normalized spacial score (nSPS) is 25.1. The molecule has 3 rings (SSSR count). The molecule has 0 spiro atoms. The van der Waals surface area contributed by atoms with Crippen LogP contribution in [0.2, 0.25) is 5.02 Å². The van der Waals surface area contributed by atoms with Gasteiger partial charge in [0.25, 0.3) is 0 Å². The molecule has 3 atom stereocenters. The highest BCUT2D eigenvalue weighted by Crippen LogP contribution is 2.37. The molecule has 0 aliphatic carbocycles. The van der Waals surface area contributed by atoms with Gasteiger partial charge in [-0.05, 0) is 43.4 Å². The Morgan fingerprint density at radius 2 is 2.16 bits per heavy atom. The summed E-state index contributed by atoms with van der Waals surface area (Å²) < 4.78 is 38.6. The SMILES string of the molecule is N#CN1[C@H]2CC[C@@H]1[C@H](NC(=O)CCc1ccc(Cl)c(C(F)(F)F)c1)C2. The number of fused-ring (bicyclic) bond motifs is 2. The number of rotatable bonds is 4. The summed E-state index contributed by atoms with van der Waals surface area (Å²) in [5.74, 6) is -0.209. The number of halogens is 4. The predicted octanol–water partition coefficient (Wildman–Crippen LogP) is 3.49. The van der Waals surface area contributed by atoms with Crippen molar-refractivity contribution in [3.8, 4) is 6.19 Å². The van der Waals surface area contributed by atoms with Crippen LogP contribution in [0.25, 0.3) is 0 Å². The van der Waals surface area contributed by atoms with Crippen LogP contribution in [0.1, 0.15) is 36.8 Å². The molecule has 8 heteroatoms. The highest BCUT2D eigenvalue weighted by atomic mass is 35.5. The zero-order chi connectivity index (χ0) is 18.2. The molecular formula is C17H17ClF3N3O. The summed E-state index contributed by atoms with van der Waals surface area (Å²) >= 11 is 5.59. The van der Waals surface area contributed by atoms with Gasteiger partial charge in [0, 0.05) is 12.5 Å². The lowest BCUT2D eigenvalue weighted by Crippen LogP contribution is -2.43. The third-order valence-corrected chi connectivity index (χ3v) is 5.31. The fourth-order valence-corrected chi connectivity index (χ4v) is 4.01. The van der Waals surface area contributed by atoms with Gasteiger partial charge in [-0.2, -0.15) is 18.4 Å². The topological polar surface area (TPSA) is 56.1 Å². The molecule has 0 radical (unpaired) electrons. The first kappa shape index (κ1) is 17.9. The number of nitriles is 1. The van der Waals surface area contributed by atoms with E-state index in [0.717, 1.165) is 25.3 Å². The number of hydrogen-bond donors (Lipinski definition) is 1. The Labute approximate surface area is 148 Å². The largest absolute Gasteiger partial charge is 0.417 e. The maximum Gasteiger partial charge on any atom is 0.417 e. The number of nitrogens with one attached hydrogen (secondary N) is 1. The van der Waals surface area contributed by atoms with Crippen LogP contribution in [0, 0.1) is 11.5 Å². The lowest BCUT2D eigenvalue weighted by Gasteiger charge is -2.21. The van der Waals surface area contributed by atoms with Gasteiger partial charge in [-0.3, -0.25) is 4.79 Å². The van der Waals surface area contributed by atoms with Crippen LogP contribution in [0.3, 0.4) is 0 Å². The summed E-state index contributed by atoms with van der Waals surface area (Å²) in [6, 6.07) is 3.89. The summed E-state index contributed by atoms with van der Waals surface area (Å²) in [4.78, 5) is 13.9. The molecule has 1 aromatic carbocycles. The number of amides is 1. The average Bonchev–Trinajstić information content (AvgIpc) is 3.09. The van der Waals surface area contributed by atoms with Crippen molar-refractivity contribution in [3.05, 3.63) is 34.3 Å². The number of benzene rings is 1.